The van der Waals surface area contributed by atoms with Gasteiger partial charge in [-0.25, -0.2) is 4.79 Å². The van der Waals surface area contributed by atoms with Crippen molar-refractivity contribution in [2.75, 3.05) is 6.54 Å². The van der Waals surface area contributed by atoms with Gasteiger partial charge in [0.2, 0.25) is 5.91 Å². The monoisotopic (exact) mass is 287 g/mol. The second-order valence-corrected chi connectivity index (χ2v) is 6.08. The van der Waals surface area contributed by atoms with E-state index in [9.17, 15) is 9.59 Å². The zero-order valence-electron chi connectivity index (χ0n) is 12.8. The molecule has 1 heterocycles. The number of carbonyl (C=O) groups is 2. The molecular formula is C17H21NO3. The fraction of sp³-hybridized carbons (Fsp3) is 0.412. The Morgan fingerprint density at radius 2 is 1.90 bits per heavy atom. The molecule has 0 aliphatic carbocycles. The van der Waals surface area contributed by atoms with E-state index in [1.807, 2.05) is 51.1 Å². The predicted octanol–water partition coefficient (Wildman–Crippen LogP) is 2.99. The Morgan fingerprint density at radius 1 is 1.24 bits per heavy atom. The van der Waals surface area contributed by atoms with E-state index in [2.05, 4.69) is 0 Å². The highest BCUT2D eigenvalue weighted by molar-refractivity contribution is 5.96. The molecule has 4 heteroatoms. The molecule has 21 heavy (non-hydrogen) atoms. The van der Waals surface area contributed by atoms with E-state index in [0.29, 0.717) is 18.7 Å². The summed E-state index contributed by atoms with van der Waals surface area (Å²) in [7, 11) is 0. The number of esters is 1. The van der Waals surface area contributed by atoms with Crippen molar-refractivity contribution in [2.24, 2.45) is 0 Å². The van der Waals surface area contributed by atoms with Crippen LogP contribution in [-0.2, 0) is 14.3 Å². The average Bonchev–Trinajstić information content (AvgIpc) is 2.81. The molecule has 1 aliphatic heterocycles. The fourth-order valence-electron chi connectivity index (χ4n) is 2.27. The van der Waals surface area contributed by atoms with Crippen LogP contribution in [0, 0.1) is 0 Å². The average molecular weight is 287 g/mol. The summed E-state index contributed by atoms with van der Waals surface area (Å²) in [5.41, 5.74) is 0.913. The zero-order chi connectivity index (χ0) is 15.5. The van der Waals surface area contributed by atoms with Gasteiger partial charge in [0.25, 0.3) is 0 Å². The number of amides is 1. The third-order valence-electron chi connectivity index (χ3n) is 3.10. The van der Waals surface area contributed by atoms with Crippen LogP contribution in [0.4, 0.5) is 0 Å². The minimum Gasteiger partial charge on any atom is -0.457 e. The lowest BCUT2D eigenvalue weighted by molar-refractivity contribution is -0.148. The lowest BCUT2D eigenvalue weighted by Crippen LogP contribution is -2.26. The third-order valence-corrected chi connectivity index (χ3v) is 3.10. The Bertz CT molecular complexity index is 555. The topological polar surface area (TPSA) is 46.6 Å². The van der Waals surface area contributed by atoms with Gasteiger partial charge in [0, 0.05) is 19.0 Å². The maximum atomic E-state index is 12.1. The molecule has 2 rings (SSSR count). The van der Waals surface area contributed by atoms with Crippen LogP contribution < -0.4 is 0 Å². The summed E-state index contributed by atoms with van der Waals surface area (Å²) in [4.78, 5) is 25.7. The first-order valence-corrected chi connectivity index (χ1v) is 7.17. The van der Waals surface area contributed by atoms with Crippen LogP contribution in [0.15, 0.2) is 36.4 Å². The molecule has 1 aromatic rings. The maximum Gasteiger partial charge on any atom is 0.333 e. The highest BCUT2D eigenvalue weighted by Crippen LogP contribution is 2.25. The molecule has 0 spiro atoms. The molecule has 0 bridgehead atoms. The molecule has 0 unspecified atom stereocenters. The van der Waals surface area contributed by atoms with Crippen LogP contribution in [0.2, 0.25) is 0 Å². The van der Waals surface area contributed by atoms with Gasteiger partial charge in [0.15, 0.2) is 0 Å². The molecule has 1 fully saturated rings. The second-order valence-electron chi connectivity index (χ2n) is 6.08. The van der Waals surface area contributed by atoms with Crippen LogP contribution in [0.25, 0.3) is 5.70 Å². The quantitative estimate of drug-likeness (QED) is 0.634. The lowest BCUT2D eigenvalue weighted by atomic mass is 10.1. The molecule has 0 radical (unpaired) electrons. The Balaban J connectivity index is 2.32. The Morgan fingerprint density at radius 3 is 2.43 bits per heavy atom. The highest BCUT2D eigenvalue weighted by Gasteiger charge is 2.26. The first-order chi connectivity index (χ1) is 9.87. The van der Waals surface area contributed by atoms with E-state index in [0.717, 1.165) is 12.0 Å². The number of rotatable bonds is 3. The first-order valence-electron chi connectivity index (χ1n) is 7.17. The molecule has 1 aromatic carbocycles. The normalized spacial score (nSPS) is 16.2. The fourth-order valence-corrected chi connectivity index (χ4v) is 2.27. The summed E-state index contributed by atoms with van der Waals surface area (Å²) in [6.45, 7) is 6.11. The standard InChI is InChI=1S/C17H21NO3/c1-17(2,3)21-16(20)12-14(13-8-5-4-6-9-13)18-11-7-10-15(18)19/h4-6,8-9,12H,7,10-11H2,1-3H3/b14-12-. The summed E-state index contributed by atoms with van der Waals surface area (Å²) in [5, 5.41) is 0. The second kappa shape index (κ2) is 6.12. The van der Waals surface area contributed by atoms with Gasteiger partial charge >= 0.3 is 5.97 Å². The number of likely N-dealkylation sites (tertiary alicyclic amines) is 1. The lowest BCUT2D eigenvalue weighted by Gasteiger charge is -2.22. The van der Waals surface area contributed by atoms with E-state index >= 15 is 0 Å². The zero-order valence-corrected chi connectivity index (χ0v) is 12.8. The van der Waals surface area contributed by atoms with Crippen molar-refractivity contribution >= 4 is 17.6 Å². The van der Waals surface area contributed by atoms with Gasteiger partial charge in [-0.3, -0.25) is 4.79 Å². The van der Waals surface area contributed by atoms with Crippen LogP contribution in [0.1, 0.15) is 39.2 Å². The minimum atomic E-state index is -0.551. The van der Waals surface area contributed by atoms with Crippen molar-refractivity contribution in [3.8, 4) is 0 Å². The van der Waals surface area contributed by atoms with Gasteiger partial charge in [-0.1, -0.05) is 30.3 Å². The van der Waals surface area contributed by atoms with Gasteiger partial charge in [0.1, 0.15) is 5.60 Å². The molecule has 1 saturated heterocycles. The summed E-state index contributed by atoms with van der Waals surface area (Å²) in [6.07, 6.45) is 2.76. The van der Waals surface area contributed by atoms with Gasteiger partial charge in [-0.15, -0.1) is 0 Å². The summed E-state index contributed by atoms with van der Waals surface area (Å²) in [6, 6.07) is 9.46. The van der Waals surface area contributed by atoms with E-state index in [4.69, 9.17) is 4.74 Å². The molecule has 0 N–H and O–H groups in total. The number of ether oxygens (including phenoxy) is 1. The molecule has 0 aromatic heterocycles. The Hall–Kier alpha value is -2.10. The van der Waals surface area contributed by atoms with Crippen molar-refractivity contribution in [3.05, 3.63) is 42.0 Å². The van der Waals surface area contributed by atoms with Gasteiger partial charge in [-0.2, -0.15) is 0 Å². The number of hydrogen-bond donors (Lipinski definition) is 0. The smallest absolute Gasteiger partial charge is 0.333 e. The summed E-state index contributed by atoms with van der Waals surface area (Å²) in [5.74, 6) is -0.380. The minimum absolute atomic E-state index is 0.0497. The maximum absolute atomic E-state index is 12.1. The highest BCUT2D eigenvalue weighted by atomic mass is 16.6. The molecular weight excluding hydrogens is 266 g/mol. The number of nitrogens with zero attached hydrogens (tertiary/aromatic N) is 1. The van der Waals surface area contributed by atoms with Crippen LogP contribution in [0.5, 0.6) is 0 Å². The van der Waals surface area contributed by atoms with E-state index in [1.54, 1.807) is 4.90 Å². The Kier molecular flexibility index (Phi) is 4.46. The van der Waals surface area contributed by atoms with E-state index in [1.165, 1.54) is 6.08 Å². The molecule has 1 amide bonds. The first kappa shape index (κ1) is 15.3. The van der Waals surface area contributed by atoms with Gasteiger partial charge in [0.05, 0.1) is 5.70 Å². The summed E-state index contributed by atoms with van der Waals surface area (Å²) >= 11 is 0. The van der Waals surface area contributed by atoms with Gasteiger partial charge < -0.3 is 9.64 Å². The predicted molar refractivity (Wildman–Crippen MR) is 81.2 cm³/mol. The Labute approximate surface area is 125 Å². The van der Waals surface area contributed by atoms with Crippen molar-refractivity contribution in [3.63, 3.8) is 0 Å². The van der Waals surface area contributed by atoms with Gasteiger partial charge in [-0.05, 0) is 32.8 Å². The molecule has 1 aliphatic rings. The molecule has 0 atom stereocenters. The summed E-state index contributed by atoms with van der Waals surface area (Å²) < 4.78 is 5.33. The van der Waals surface area contributed by atoms with Crippen molar-refractivity contribution in [2.45, 2.75) is 39.2 Å². The molecule has 4 nitrogen and oxygen atoms in total. The van der Waals surface area contributed by atoms with E-state index < -0.39 is 11.6 Å². The molecule has 0 saturated carbocycles. The third kappa shape index (κ3) is 4.18. The van der Waals surface area contributed by atoms with E-state index in [-0.39, 0.29) is 5.91 Å². The van der Waals surface area contributed by atoms with Crippen LogP contribution in [0.3, 0.4) is 0 Å². The van der Waals surface area contributed by atoms with Crippen molar-refractivity contribution in [1.29, 1.82) is 0 Å². The van der Waals surface area contributed by atoms with Crippen LogP contribution in [-0.4, -0.2) is 28.9 Å². The number of carbonyl (C=O) groups excluding carboxylic acids is 2. The number of benzene rings is 1. The van der Waals surface area contributed by atoms with Crippen molar-refractivity contribution < 1.29 is 14.3 Å². The number of hydrogen-bond acceptors (Lipinski definition) is 3. The SMILES string of the molecule is CC(C)(C)OC(=O)/C=C(/c1ccccc1)N1CCCC1=O. The molecule has 112 valence electrons. The van der Waals surface area contributed by atoms with Crippen molar-refractivity contribution in [1.82, 2.24) is 4.90 Å². The van der Waals surface area contributed by atoms with Crippen LogP contribution >= 0.6 is 0 Å². The largest absolute Gasteiger partial charge is 0.457 e.